The third-order valence-corrected chi connectivity index (χ3v) is 6.67. The highest BCUT2D eigenvalue weighted by Gasteiger charge is 2.40. The molecular formula is C26H22ClFN2O2S. The van der Waals surface area contributed by atoms with Crippen molar-refractivity contribution in [3.8, 4) is 0 Å². The average Bonchev–Trinajstić information content (AvgIpc) is 3.01. The van der Waals surface area contributed by atoms with Gasteiger partial charge < -0.3 is 5.32 Å². The minimum Gasteiger partial charge on any atom is -0.350 e. The Labute approximate surface area is 201 Å². The molecule has 3 aromatic carbocycles. The van der Waals surface area contributed by atoms with Crippen molar-refractivity contribution in [2.75, 3.05) is 10.2 Å². The van der Waals surface area contributed by atoms with E-state index in [1.54, 1.807) is 12.1 Å². The lowest BCUT2D eigenvalue weighted by atomic mass is 10.0. The smallest absolute Gasteiger partial charge is 0.283 e. The van der Waals surface area contributed by atoms with Crippen LogP contribution in [-0.2, 0) is 9.59 Å². The van der Waals surface area contributed by atoms with Crippen molar-refractivity contribution in [3.63, 3.8) is 0 Å². The molecule has 4 rings (SSSR count). The Balaban J connectivity index is 1.72. The molecule has 0 fully saturated rings. The van der Waals surface area contributed by atoms with Gasteiger partial charge in [0, 0.05) is 10.6 Å². The zero-order valence-electron chi connectivity index (χ0n) is 18.4. The number of nitrogens with zero attached hydrogens (tertiary/aromatic N) is 1. The molecule has 168 valence electrons. The van der Waals surface area contributed by atoms with E-state index in [1.807, 2.05) is 43.3 Å². The molecule has 2 amide bonds. The SMILES string of the molecule is Cc1ccc(SC2=C(Nc3ccc(F)c(Cl)c3)C(=O)N(c3ccc(C(C)C)cc3)C2=O)cc1. The Morgan fingerprint density at radius 2 is 1.61 bits per heavy atom. The molecule has 0 aliphatic carbocycles. The van der Waals surface area contributed by atoms with Crippen LogP contribution in [0.1, 0.15) is 30.9 Å². The van der Waals surface area contributed by atoms with Gasteiger partial charge in [0.1, 0.15) is 16.4 Å². The van der Waals surface area contributed by atoms with Crippen LogP contribution in [0.25, 0.3) is 0 Å². The van der Waals surface area contributed by atoms with Crippen molar-refractivity contribution in [1.82, 2.24) is 0 Å². The van der Waals surface area contributed by atoms with Crippen molar-refractivity contribution in [2.24, 2.45) is 0 Å². The average molecular weight is 481 g/mol. The molecule has 0 radical (unpaired) electrons. The van der Waals surface area contributed by atoms with E-state index < -0.39 is 17.6 Å². The zero-order chi connectivity index (χ0) is 23.7. The summed E-state index contributed by atoms with van der Waals surface area (Å²) in [5, 5.41) is 2.92. The molecule has 1 aliphatic rings. The van der Waals surface area contributed by atoms with Gasteiger partial charge in [0.25, 0.3) is 11.8 Å². The number of amides is 2. The topological polar surface area (TPSA) is 49.4 Å². The van der Waals surface area contributed by atoms with Gasteiger partial charge >= 0.3 is 0 Å². The minimum absolute atomic E-state index is 0.0776. The van der Waals surface area contributed by atoms with E-state index in [1.165, 1.54) is 30.0 Å². The fourth-order valence-corrected chi connectivity index (χ4v) is 4.51. The number of benzene rings is 3. The molecule has 0 atom stereocenters. The summed E-state index contributed by atoms with van der Waals surface area (Å²) >= 11 is 7.12. The second-order valence-electron chi connectivity index (χ2n) is 8.07. The van der Waals surface area contributed by atoms with Gasteiger partial charge in [-0.2, -0.15) is 0 Å². The Morgan fingerprint density at radius 1 is 0.939 bits per heavy atom. The molecule has 0 saturated carbocycles. The minimum atomic E-state index is -0.564. The van der Waals surface area contributed by atoms with E-state index in [2.05, 4.69) is 19.2 Å². The van der Waals surface area contributed by atoms with Gasteiger partial charge in [0.2, 0.25) is 0 Å². The maximum atomic E-state index is 13.6. The van der Waals surface area contributed by atoms with Gasteiger partial charge in [-0.3, -0.25) is 9.59 Å². The first-order valence-corrected chi connectivity index (χ1v) is 11.6. The first-order chi connectivity index (χ1) is 15.7. The van der Waals surface area contributed by atoms with Crippen molar-refractivity contribution < 1.29 is 14.0 Å². The maximum Gasteiger partial charge on any atom is 0.283 e. The van der Waals surface area contributed by atoms with Crippen molar-refractivity contribution in [2.45, 2.75) is 31.6 Å². The summed E-state index contributed by atoms with van der Waals surface area (Å²) in [7, 11) is 0. The lowest BCUT2D eigenvalue weighted by molar-refractivity contribution is -0.120. The first kappa shape index (κ1) is 23.1. The molecule has 7 heteroatoms. The summed E-state index contributed by atoms with van der Waals surface area (Å²) in [6, 6.07) is 19.1. The van der Waals surface area contributed by atoms with Gasteiger partial charge in [0.05, 0.1) is 10.7 Å². The second-order valence-corrected chi connectivity index (χ2v) is 9.56. The number of halogens is 2. The fourth-order valence-electron chi connectivity index (χ4n) is 3.40. The largest absolute Gasteiger partial charge is 0.350 e. The van der Waals surface area contributed by atoms with Gasteiger partial charge in [-0.15, -0.1) is 0 Å². The van der Waals surface area contributed by atoms with E-state index >= 15 is 0 Å². The number of hydrogen-bond donors (Lipinski definition) is 1. The predicted octanol–water partition coefficient (Wildman–Crippen LogP) is 6.90. The normalized spacial score (nSPS) is 13.9. The van der Waals surface area contributed by atoms with Crippen LogP contribution in [0.3, 0.4) is 0 Å². The quantitative estimate of drug-likeness (QED) is 0.390. The van der Waals surface area contributed by atoms with E-state index in [9.17, 15) is 14.0 Å². The van der Waals surface area contributed by atoms with Crippen LogP contribution in [0.2, 0.25) is 5.02 Å². The van der Waals surface area contributed by atoms with Crippen molar-refractivity contribution in [1.29, 1.82) is 0 Å². The number of thioether (sulfide) groups is 1. The molecule has 0 saturated heterocycles. The highest BCUT2D eigenvalue weighted by atomic mass is 35.5. The van der Waals surface area contributed by atoms with Crippen molar-refractivity contribution in [3.05, 3.63) is 99.3 Å². The number of aryl methyl sites for hydroxylation is 1. The van der Waals surface area contributed by atoms with E-state index in [-0.39, 0.29) is 15.6 Å². The van der Waals surface area contributed by atoms with E-state index in [0.29, 0.717) is 17.3 Å². The zero-order valence-corrected chi connectivity index (χ0v) is 19.9. The number of anilines is 2. The van der Waals surface area contributed by atoms with E-state index in [0.717, 1.165) is 20.9 Å². The van der Waals surface area contributed by atoms with Gasteiger partial charge in [0.15, 0.2) is 0 Å². The summed E-state index contributed by atoms with van der Waals surface area (Å²) < 4.78 is 13.6. The number of hydrogen-bond acceptors (Lipinski definition) is 4. The number of carbonyl (C=O) groups excluding carboxylic acids is 2. The predicted molar refractivity (Wildman–Crippen MR) is 132 cm³/mol. The molecule has 1 heterocycles. The summed E-state index contributed by atoms with van der Waals surface area (Å²) in [6.45, 7) is 6.13. The standard InChI is InChI=1S/C26H22ClFN2O2S/c1-15(2)17-6-9-19(10-7-17)30-25(31)23(29-18-8-13-22(28)21(27)14-18)24(26(30)32)33-20-11-4-16(3)5-12-20/h4-15,29H,1-3H3. The second kappa shape index (κ2) is 9.41. The van der Waals surface area contributed by atoms with Crippen LogP contribution >= 0.6 is 23.4 Å². The molecule has 33 heavy (non-hydrogen) atoms. The highest BCUT2D eigenvalue weighted by molar-refractivity contribution is 8.04. The molecule has 1 N–H and O–H groups in total. The Kier molecular flexibility index (Phi) is 6.58. The number of imide groups is 1. The lowest BCUT2D eigenvalue weighted by Crippen LogP contribution is -2.32. The van der Waals surface area contributed by atoms with Crippen LogP contribution in [0.4, 0.5) is 15.8 Å². The molecule has 1 aliphatic heterocycles. The fraction of sp³-hybridized carbons (Fsp3) is 0.154. The summed E-state index contributed by atoms with van der Waals surface area (Å²) in [4.78, 5) is 29.1. The number of nitrogens with one attached hydrogen (secondary N) is 1. The molecule has 0 bridgehead atoms. The van der Waals surface area contributed by atoms with Crippen LogP contribution in [-0.4, -0.2) is 11.8 Å². The van der Waals surface area contributed by atoms with Crippen LogP contribution < -0.4 is 10.2 Å². The van der Waals surface area contributed by atoms with Gasteiger partial charge in [-0.05, 0) is 60.9 Å². The molecule has 4 nitrogen and oxygen atoms in total. The van der Waals surface area contributed by atoms with E-state index in [4.69, 9.17) is 11.6 Å². The highest BCUT2D eigenvalue weighted by Crippen LogP contribution is 2.38. The molecule has 0 unspecified atom stereocenters. The monoisotopic (exact) mass is 480 g/mol. The lowest BCUT2D eigenvalue weighted by Gasteiger charge is -2.16. The molecule has 3 aromatic rings. The maximum absolute atomic E-state index is 13.6. The summed E-state index contributed by atoms with van der Waals surface area (Å²) in [5.41, 5.74) is 3.23. The number of carbonyl (C=O) groups is 2. The molecule has 0 spiro atoms. The molecule has 0 aromatic heterocycles. The van der Waals surface area contributed by atoms with Crippen LogP contribution in [0, 0.1) is 12.7 Å². The summed E-state index contributed by atoms with van der Waals surface area (Å²) in [6.07, 6.45) is 0. The van der Waals surface area contributed by atoms with Gasteiger partial charge in [-0.1, -0.05) is 67.0 Å². The van der Waals surface area contributed by atoms with Crippen LogP contribution in [0.15, 0.2) is 82.2 Å². The number of rotatable bonds is 6. The van der Waals surface area contributed by atoms with Crippen molar-refractivity contribution >= 4 is 46.6 Å². The van der Waals surface area contributed by atoms with Gasteiger partial charge in [-0.25, -0.2) is 9.29 Å². The molecular weight excluding hydrogens is 459 g/mol. The third-order valence-electron chi connectivity index (χ3n) is 5.29. The Morgan fingerprint density at radius 3 is 2.21 bits per heavy atom. The first-order valence-electron chi connectivity index (χ1n) is 10.4. The van der Waals surface area contributed by atoms with Crippen LogP contribution in [0.5, 0.6) is 0 Å². The third kappa shape index (κ3) is 4.82. The summed E-state index contributed by atoms with van der Waals surface area (Å²) in [5.74, 6) is -1.13. The Hall–Kier alpha value is -3.09. The Bertz CT molecular complexity index is 1250.